The van der Waals surface area contributed by atoms with Crippen LogP contribution >= 0.6 is 0 Å². The first-order chi connectivity index (χ1) is 6.48. The van der Waals surface area contributed by atoms with Crippen molar-refractivity contribution in [3.8, 4) is 0 Å². The molecule has 1 aliphatic carbocycles. The Morgan fingerprint density at radius 1 is 1.27 bits per heavy atom. The molecule has 0 nitrogen and oxygen atoms in total. The minimum absolute atomic E-state index is 0. The van der Waals surface area contributed by atoms with Gasteiger partial charge in [-0.05, 0) is 11.8 Å². The number of allylic oxidation sites excluding steroid dienone is 2. The van der Waals surface area contributed by atoms with Gasteiger partial charge in [-0.2, -0.15) is 29.3 Å². The van der Waals surface area contributed by atoms with E-state index in [1.165, 1.54) is 22.3 Å². The van der Waals surface area contributed by atoms with Crippen LogP contribution in [0.25, 0.3) is 5.57 Å². The van der Waals surface area contributed by atoms with E-state index in [-0.39, 0.29) is 38.1 Å². The summed E-state index contributed by atoms with van der Waals surface area (Å²) in [6, 6.07) is 7.74. The van der Waals surface area contributed by atoms with Crippen LogP contribution in [0.5, 0.6) is 0 Å². The summed E-state index contributed by atoms with van der Waals surface area (Å²) in [6.07, 6.45) is 3.41. The summed E-state index contributed by atoms with van der Waals surface area (Å²) in [7, 11) is 0. The van der Waals surface area contributed by atoms with Crippen molar-refractivity contribution in [2.45, 2.75) is 34.1 Å². The SMILES string of the molecule is Cc1c[c-]c2c(c1)C(C(C)(C)C)=CC2.[Y]. The second-order valence-electron chi connectivity index (χ2n) is 5.14. The van der Waals surface area contributed by atoms with E-state index in [2.05, 4.69) is 52.0 Å². The zero-order chi connectivity index (χ0) is 10.3. The Kier molecular flexibility index (Phi) is 3.95. The van der Waals surface area contributed by atoms with Gasteiger partial charge in [0, 0.05) is 32.7 Å². The van der Waals surface area contributed by atoms with Gasteiger partial charge in [-0.15, -0.1) is 5.56 Å². The Morgan fingerprint density at radius 2 is 1.93 bits per heavy atom. The maximum absolute atomic E-state index is 3.37. The molecule has 0 N–H and O–H groups in total. The molecule has 1 aromatic carbocycles. The van der Waals surface area contributed by atoms with Gasteiger partial charge in [0.05, 0.1) is 0 Å². The van der Waals surface area contributed by atoms with Crippen LogP contribution in [0, 0.1) is 18.4 Å². The molecule has 0 heterocycles. The van der Waals surface area contributed by atoms with Crippen LogP contribution in [0.4, 0.5) is 0 Å². The molecule has 1 aliphatic rings. The maximum Gasteiger partial charge on any atom is 0 e. The molecule has 15 heavy (non-hydrogen) atoms. The third kappa shape index (κ3) is 2.60. The Labute approximate surface area is 118 Å². The smallest absolute Gasteiger partial charge is 0 e. The van der Waals surface area contributed by atoms with Gasteiger partial charge in [0.25, 0.3) is 0 Å². The van der Waals surface area contributed by atoms with Gasteiger partial charge in [0.1, 0.15) is 0 Å². The van der Waals surface area contributed by atoms with Gasteiger partial charge in [0.15, 0.2) is 0 Å². The molecule has 0 saturated carbocycles. The van der Waals surface area contributed by atoms with Gasteiger partial charge in [0.2, 0.25) is 0 Å². The standard InChI is InChI=1S/C14H17.Y/c1-10-5-6-11-7-8-13(12(11)9-10)14(2,3)4;/h5,8-9H,7H2,1-4H3;/q-1;. The molecule has 0 unspecified atom stereocenters. The van der Waals surface area contributed by atoms with Crippen molar-refractivity contribution in [1.29, 1.82) is 0 Å². The number of aryl methyl sites for hydroxylation is 1. The van der Waals surface area contributed by atoms with Crippen LogP contribution in [0.2, 0.25) is 0 Å². The van der Waals surface area contributed by atoms with Crippen LogP contribution in [0.15, 0.2) is 18.2 Å². The van der Waals surface area contributed by atoms with E-state index in [0.29, 0.717) is 0 Å². The average Bonchev–Trinajstić information content (AvgIpc) is 2.45. The fourth-order valence-corrected chi connectivity index (χ4v) is 2.07. The molecule has 0 atom stereocenters. The van der Waals surface area contributed by atoms with Gasteiger partial charge in [-0.3, -0.25) is 0 Å². The maximum atomic E-state index is 3.37. The Morgan fingerprint density at radius 3 is 2.53 bits per heavy atom. The molecule has 0 aromatic heterocycles. The minimum Gasteiger partial charge on any atom is -0.179 e. The third-order valence-electron chi connectivity index (χ3n) is 2.78. The van der Waals surface area contributed by atoms with Crippen molar-refractivity contribution < 1.29 is 32.7 Å². The molecule has 0 aliphatic heterocycles. The number of rotatable bonds is 0. The Bertz CT molecular complexity index is 394. The molecule has 1 radical (unpaired) electrons. The van der Waals surface area contributed by atoms with E-state index in [4.69, 9.17) is 0 Å². The molecule has 0 amide bonds. The van der Waals surface area contributed by atoms with Crippen LogP contribution in [0.1, 0.15) is 37.5 Å². The predicted molar refractivity (Wildman–Crippen MR) is 61.2 cm³/mol. The van der Waals surface area contributed by atoms with E-state index >= 15 is 0 Å². The second kappa shape index (κ2) is 4.51. The monoisotopic (exact) mass is 274 g/mol. The average molecular weight is 274 g/mol. The van der Waals surface area contributed by atoms with Crippen LogP contribution < -0.4 is 0 Å². The van der Waals surface area contributed by atoms with Crippen molar-refractivity contribution in [2.75, 3.05) is 0 Å². The molecular formula is C14H17Y-. The minimum atomic E-state index is 0. The van der Waals surface area contributed by atoms with E-state index in [9.17, 15) is 0 Å². The van der Waals surface area contributed by atoms with Gasteiger partial charge >= 0.3 is 0 Å². The van der Waals surface area contributed by atoms with Crippen molar-refractivity contribution in [3.63, 3.8) is 0 Å². The molecule has 77 valence electrons. The largest absolute Gasteiger partial charge is 0.179 e. The number of fused-ring (bicyclic) bond motifs is 1. The zero-order valence-electron chi connectivity index (χ0n) is 10.0. The zero-order valence-corrected chi connectivity index (χ0v) is 12.9. The van der Waals surface area contributed by atoms with Crippen LogP contribution in [0.3, 0.4) is 0 Å². The molecule has 1 heteroatoms. The first-order valence-corrected chi connectivity index (χ1v) is 5.21. The number of benzene rings is 1. The molecule has 0 bridgehead atoms. The van der Waals surface area contributed by atoms with Crippen molar-refractivity contribution in [1.82, 2.24) is 0 Å². The van der Waals surface area contributed by atoms with Crippen LogP contribution in [-0.2, 0) is 39.1 Å². The van der Waals surface area contributed by atoms with Crippen molar-refractivity contribution in [3.05, 3.63) is 41.0 Å². The summed E-state index contributed by atoms with van der Waals surface area (Å²) in [6.45, 7) is 8.96. The molecule has 2 rings (SSSR count). The predicted octanol–water partition coefficient (Wildman–Crippen LogP) is 3.78. The summed E-state index contributed by atoms with van der Waals surface area (Å²) >= 11 is 0. The van der Waals surface area contributed by atoms with E-state index in [1.54, 1.807) is 0 Å². The van der Waals surface area contributed by atoms with E-state index in [0.717, 1.165) is 6.42 Å². The molecule has 1 aromatic rings. The van der Waals surface area contributed by atoms with Gasteiger partial charge in [-0.25, -0.2) is 0 Å². The molecule has 0 fully saturated rings. The summed E-state index contributed by atoms with van der Waals surface area (Å²) in [4.78, 5) is 0. The second-order valence-corrected chi connectivity index (χ2v) is 5.14. The van der Waals surface area contributed by atoms with Crippen LogP contribution in [-0.4, -0.2) is 0 Å². The fourth-order valence-electron chi connectivity index (χ4n) is 2.07. The van der Waals surface area contributed by atoms with Crippen molar-refractivity contribution in [2.24, 2.45) is 5.41 Å². The summed E-state index contributed by atoms with van der Waals surface area (Å²) in [5.74, 6) is 0. The first-order valence-electron chi connectivity index (χ1n) is 5.21. The molecule has 0 saturated heterocycles. The topological polar surface area (TPSA) is 0 Å². The van der Waals surface area contributed by atoms with Gasteiger partial charge in [-0.1, -0.05) is 39.3 Å². The van der Waals surface area contributed by atoms with Gasteiger partial charge < -0.3 is 0 Å². The summed E-state index contributed by atoms with van der Waals surface area (Å²) in [5.41, 5.74) is 5.82. The third-order valence-corrected chi connectivity index (χ3v) is 2.78. The normalized spacial score (nSPS) is 14.3. The molecule has 0 spiro atoms. The fraction of sp³-hybridized carbons (Fsp3) is 0.429. The Balaban J connectivity index is 0.00000112. The quantitative estimate of drug-likeness (QED) is 0.632. The summed E-state index contributed by atoms with van der Waals surface area (Å²) in [5, 5.41) is 0. The van der Waals surface area contributed by atoms with E-state index in [1.807, 2.05) is 0 Å². The summed E-state index contributed by atoms with van der Waals surface area (Å²) < 4.78 is 0. The number of hydrogen-bond donors (Lipinski definition) is 0. The number of hydrogen-bond acceptors (Lipinski definition) is 0. The van der Waals surface area contributed by atoms with E-state index < -0.39 is 0 Å². The first kappa shape index (κ1) is 13.1. The Hall–Kier alpha value is 0.0639. The van der Waals surface area contributed by atoms with Crippen molar-refractivity contribution >= 4 is 5.57 Å². The molecular weight excluding hydrogens is 257 g/mol.